The minimum absolute atomic E-state index is 0.455. The SMILES string of the molecule is CC1CCC(C(C)C)C(OC[Si]OC2CC(C)CCC2C(C)C)C1. The van der Waals surface area contributed by atoms with Gasteiger partial charge in [0, 0.05) is 6.10 Å². The summed E-state index contributed by atoms with van der Waals surface area (Å²) in [5.74, 6) is 4.59. The van der Waals surface area contributed by atoms with Crippen LogP contribution in [0.15, 0.2) is 0 Å². The van der Waals surface area contributed by atoms with Crippen molar-refractivity contribution >= 4 is 9.76 Å². The smallest absolute Gasteiger partial charge is 0.258 e. The van der Waals surface area contributed by atoms with Crippen molar-refractivity contribution in [1.82, 2.24) is 0 Å². The van der Waals surface area contributed by atoms with E-state index in [9.17, 15) is 0 Å². The summed E-state index contributed by atoms with van der Waals surface area (Å²) in [6.45, 7) is 14.2. The van der Waals surface area contributed by atoms with Gasteiger partial charge < -0.3 is 9.16 Å². The minimum Gasteiger partial charge on any atom is -0.412 e. The molecular formula is C21H40O2Si. The molecule has 3 heteroatoms. The van der Waals surface area contributed by atoms with E-state index in [0.717, 1.165) is 41.7 Å². The van der Waals surface area contributed by atoms with E-state index in [4.69, 9.17) is 9.16 Å². The van der Waals surface area contributed by atoms with Gasteiger partial charge in [-0.1, -0.05) is 54.4 Å². The predicted octanol–water partition coefficient (Wildman–Crippen LogP) is 5.52. The van der Waals surface area contributed by atoms with Crippen LogP contribution in [0.25, 0.3) is 0 Å². The molecule has 2 saturated carbocycles. The Morgan fingerprint density at radius 2 is 1.29 bits per heavy atom. The van der Waals surface area contributed by atoms with Crippen LogP contribution < -0.4 is 0 Å². The van der Waals surface area contributed by atoms with Crippen molar-refractivity contribution in [3.8, 4) is 0 Å². The molecule has 0 N–H and O–H groups in total. The standard InChI is InChI=1S/C21H40O2Si/c1-14(2)18-9-7-16(5)11-20(18)22-13-24-23-21-12-17(6)8-10-19(21)15(3)4/h14-21H,7-13H2,1-6H3. The summed E-state index contributed by atoms with van der Waals surface area (Å²) in [6.07, 6.45) is 9.62. The zero-order valence-electron chi connectivity index (χ0n) is 16.9. The lowest BCUT2D eigenvalue weighted by atomic mass is 9.75. The highest BCUT2D eigenvalue weighted by Crippen LogP contribution is 2.36. The zero-order valence-corrected chi connectivity index (χ0v) is 17.9. The number of ether oxygens (including phenoxy) is 1. The van der Waals surface area contributed by atoms with E-state index < -0.39 is 0 Å². The summed E-state index contributed by atoms with van der Waals surface area (Å²) >= 11 is 0. The second-order valence-electron chi connectivity index (χ2n) is 9.30. The van der Waals surface area contributed by atoms with E-state index in [0.29, 0.717) is 22.0 Å². The van der Waals surface area contributed by atoms with Crippen molar-refractivity contribution in [2.75, 3.05) is 6.23 Å². The molecule has 0 aromatic heterocycles. The molecule has 0 aromatic carbocycles. The Balaban J connectivity index is 1.76. The van der Waals surface area contributed by atoms with Gasteiger partial charge in [-0.25, -0.2) is 0 Å². The van der Waals surface area contributed by atoms with Crippen LogP contribution in [-0.2, 0) is 9.16 Å². The van der Waals surface area contributed by atoms with Gasteiger partial charge in [0.1, 0.15) is 0 Å². The van der Waals surface area contributed by atoms with Crippen molar-refractivity contribution in [2.45, 2.75) is 92.3 Å². The van der Waals surface area contributed by atoms with E-state index in [1.165, 1.54) is 38.5 Å². The molecule has 6 unspecified atom stereocenters. The molecule has 2 fully saturated rings. The Labute approximate surface area is 153 Å². The van der Waals surface area contributed by atoms with Crippen LogP contribution in [0.5, 0.6) is 0 Å². The van der Waals surface area contributed by atoms with Gasteiger partial charge in [-0.2, -0.15) is 0 Å². The van der Waals surface area contributed by atoms with Crippen LogP contribution >= 0.6 is 0 Å². The molecular weight excluding hydrogens is 312 g/mol. The largest absolute Gasteiger partial charge is 0.412 e. The highest BCUT2D eigenvalue weighted by Gasteiger charge is 2.33. The summed E-state index contributed by atoms with van der Waals surface area (Å²) in [5, 5.41) is 0. The van der Waals surface area contributed by atoms with Crippen molar-refractivity contribution in [1.29, 1.82) is 0 Å². The molecule has 0 aromatic rings. The van der Waals surface area contributed by atoms with Crippen molar-refractivity contribution in [2.24, 2.45) is 35.5 Å². The van der Waals surface area contributed by atoms with E-state index in [1.54, 1.807) is 0 Å². The average Bonchev–Trinajstić information content (AvgIpc) is 2.51. The van der Waals surface area contributed by atoms with E-state index in [2.05, 4.69) is 41.5 Å². The second kappa shape index (κ2) is 9.73. The maximum atomic E-state index is 6.34. The Morgan fingerprint density at radius 1 is 0.792 bits per heavy atom. The molecule has 140 valence electrons. The predicted molar refractivity (Wildman–Crippen MR) is 103 cm³/mol. The molecule has 2 aliphatic rings. The number of rotatable bonds is 7. The van der Waals surface area contributed by atoms with Crippen molar-refractivity contribution in [3.63, 3.8) is 0 Å². The van der Waals surface area contributed by atoms with Crippen LogP contribution in [0.1, 0.15) is 80.1 Å². The fourth-order valence-corrected chi connectivity index (χ4v) is 5.67. The van der Waals surface area contributed by atoms with Gasteiger partial charge in [-0.15, -0.1) is 0 Å². The number of hydrogen-bond acceptors (Lipinski definition) is 2. The van der Waals surface area contributed by atoms with E-state index in [-0.39, 0.29) is 0 Å². The zero-order chi connectivity index (χ0) is 17.7. The number of hydrogen-bond donors (Lipinski definition) is 0. The van der Waals surface area contributed by atoms with Crippen LogP contribution in [0.3, 0.4) is 0 Å². The summed E-state index contributed by atoms with van der Waals surface area (Å²) < 4.78 is 12.7. The first-order valence-corrected chi connectivity index (χ1v) is 11.5. The Kier molecular flexibility index (Phi) is 8.29. The third-order valence-corrected chi connectivity index (χ3v) is 7.27. The second-order valence-corrected chi connectivity index (χ2v) is 10.1. The molecule has 0 bridgehead atoms. The van der Waals surface area contributed by atoms with Gasteiger partial charge in [0.15, 0.2) is 0 Å². The maximum absolute atomic E-state index is 6.34. The highest BCUT2D eigenvalue weighted by molar-refractivity contribution is 6.26. The summed E-state index contributed by atoms with van der Waals surface area (Å²) in [5.41, 5.74) is 0. The Morgan fingerprint density at radius 3 is 1.83 bits per heavy atom. The maximum Gasteiger partial charge on any atom is 0.258 e. The lowest BCUT2D eigenvalue weighted by Crippen LogP contribution is -2.38. The molecule has 2 radical (unpaired) electrons. The summed E-state index contributed by atoms with van der Waals surface area (Å²) in [6, 6.07) is 0. The molecule has 0 saturated heterocycles. The third-order valence-electron chi connectivity index (χ3n) is 6.51. The molecule has 6 atom stereocenters. The fraction of sp³-hybridized carbons (Fsp3) is 1.00. The van der Waals surface area contributed by atoms with Gasteiger partial charge in [-0.05, 0) is 61.2 Å². The van der Waals surface area contributed by atoms with Gasteiger partial charge >= 0.3 is 0 Å². The summed E-state index contributed by atoms with van der Waals surface area (Å²) in [7, 11) is 0.509. The normalized spacial score (nSPS) is 38.0. The first-order chi connectivity index (χ1) is 11.4. The minimum atomic E-state index is 0.455. The van der Waals surface area contributed by atoms with Crippen LogP contribution in [0, 0.1) is 35.5 Å². The average molecular weight is 353 g/mol. The van der Waals surface area contributed by atoms with Gasteiger partial charge in [0.05, 0.1) is 12.3 Å². The molecule has 0 amide bonds. The van der Waals surface area contributed by atoms with Crippen molar-refractivity contribution in [3.05, 3.63) is 0 Å². The lowest BCUT2D eigenvalue weighted by Gasteiger charge is -2.38. The fourth-order valence-electron chi connectivity index (χ4n) is 4.84. The van der Waals surface area contributed by atoms with E-state index in [1.807, 2.05) is 0 Å². The summed E-state index contributed by atoms with van der Waals surface area (Å²) in [4.78, 5) is 0. The van der Waals surface area contributed by atoms with Crippen LogP contribution in [-0.4, -0.2) is 28.2 Å². The van der Waals surface area contributed by atoms with Crippen LogP contribution in [0.2, 0.25) is 0 Å². The van der Waals surface area contributed by atoms with Gasteiger partial charge in [-0.3, -0.25) is 0 Å². The topological polar surface area (TPSA) is 18.5 Å². The third kappa shape index (κ3) is 5.84. The molecule has 0 aliphatic heterocycles. The molecule has 2 aliphatic carbocycles. The van der Waals surface area contributed by atoms with Gasteiger partial charge in [0.2, 0.25) is 0 Å². The molecule has 2 nitrogen and oxygen atoms in total. The Hall–Kier alpha value is 0.137. The first kappa shape index (κ1) is 20.4. The molecule has 24 heavy (non-hydrogen) atoms. The monoisotopic (exact) mass is 352 g/mol. The lowest BCUT2D eigenvalue weighted by molar-refractivity contribution is -0.0268. The van der Waals surface area contributed by atoms with Crippen LogP contribution in [0.4, 0.5) is 0 Å². The van der Waals surface area contributed by atoms with E-state index >= 15 is 0 Å². The van der Waals surface area contributed by atoms with Gasteiger partial charge in [0.25, 0.3) is 9.76 Å². The molecule has 0 spiro atoms. The quantitative estimate of drug-likeness (QED) is 0.444. The highest BCUT2D eigenvalue weighted by atomic mass is 28.2. The first-order valence-electron chi connectivity index (χ1n) is 10.4. The molecule has 0 heterocycles. The Bertz CT molecular complexity index is 324. The molecule has 2 rings (SSSR count). The van der Waals surface area contributed by atoms with Crippen molar-refractivity contribution < 1.29 is 9.16 Å².